The summed E-state index contributed by atoms with van der Waals surface area (Å²) >= 11 is 0. The zero-order valence-electron chi connectivity index (χ0n) is 14.5. The molecule has 0 fully saturated rings. The monoisotopic (exact) mass is 365 g/mol. The largest absolute Gasteiger partial charge is 0.395 e. The molecule has 1 heterocycles. The number of benzene rings is 2. The maximum Gasteiger partial charge on any atom is 0.282 e. The van der Waals surface area contributed by atoms with Gasteiger partial charge in [0.05, 0.1) is 29.5 Å². The van der Waals surface area contributed by atoms with Crippen LogP contribution in [0.1, 0.15) is 11.1 Å². The van der Waals surface area contributed by atoms with E-state index in [-0.39, 0.29) is 24.4 Å². The van der Waals surface area contributed by atoms with Crippen molar-refractivity contribution in [1.82, 2.24) is 4.90 Å². The molecule has 0 unspecified atom stereocenters. The Morgan fingerprint density at radius 1 is 1.07 bits per heavy atom. The molecule has 1 N–H and O–H groups in total. The number of hydrogen-bond acceptors (Lipinski definition) is 5. The molecule has 0 radical (unpaired) electrons. The molecule has 1 aliphatic heterocycles. The summed E-state index contributed by atoms with van der Waals surface area (Å²) in [5.74, 6) is -1.54. The Labute approximate surface area is 155 Å². The Morgan fingerprint density at radius 2 is 1.70 bits per heavy atom. The summed E-state index contributed by atoms with van der Waals surface area (Å²) in [4.78, 5) is 28.6. The van der Waals surface area contributed by atoms with Crippen molar-refractivity contribution < 1.29 is 19.1 Å². The molecule has 3 rings (SSSR count). The average molecular weight is 365 g/mol. The van der Waals surface area contributed by atoms with E-state index < -0.39 is 17.6 Å². The van der Waals surface area contributed by atoms with E-state index in [1.54, 1.807) is 7.05 Å². The summed E-state index contributed by atoms with van der Waals surface area (Å²) in [7, 11) is 1.60. The smallest absolute Gasteiger partial charge is 0.282 e. The van der Waals surface area contributed by atoms with Crippen molar-refractivity contribution in [3.05, 3.63) is 71.2 Å². The fraction of sp³-hybridized carbons (Fsp3) is 0.150. The molecule has 6 nitrogen and oxygen atoms in total. The maximum atomic E-state index is 13.3. The Bertz CT molecular complexity index is 959. The number of anilines is 1. The lowest BCUT2D eigenvalue weighted by molar-refractivity contribution is -0.120. The number of imide groups is 1. The summed E-state index contributed by atoms with van der Waals surface area (Å²) < 4.78 is 13.3. The topological polar surface area (TPSA) is 84.6 Å². The van der Waals surface area contributed by atoms with E-state index in [9.17, 15) is 19.1 Å². The minimum Gasteiger partial charge on any atom is -0.395 e. The Morgan fingerprint density at radius 3 is 2.26 bits per heavy atom. The van der Waals surface area contributed by atoms with E-state index in [2.05, 4.69) is 0 Å². The standard InChI is InChI=1S/C20H16FN3O3/c1-23(10-11-25)18-17(14-4-6-15(21)7-5-14)19(26)24(20(18)27)16-8-2-13(12-22)3-9-16/h2-9,25H,10-11H2,1H3. The Hall–Kier alpha value is -3.50. The van der Waals surface area contributed by atoms with Crippen molar-refractivity contribution in [3.8, 4) is 6.07 Å². The fourth-order valence-corrected chi connectivity index (χ4v) is 2.93. The van der Waals surface area contributed by atoms with E-state index in [0.29, 0.717) is 16.8 Å². The minimum absolute atomic E-state index is 0.130. The van der Waals surface area contributed by atoms with E-state index >= 15 is 0 Å². The molecule has 0 bridgehead atoms. The summed E-state index contributed by atoms with van der Waals surface area (Å²) in [6.07, 6.45) is 0. The summed E-state index contributed by atoms with van der Waals surface area (Å²) in [6.45, 7) is -0.0463. The van der Waals surface area contributed by atoms with Crippen LogP contribution in [0.4, 0.5) is 10.1 Å². The van der Waals surface area contributed by atoms with Gasteiger partial charge in [-0.2, -0.15) is 5.26 Å². The maximum absolute atomic E-state index is 13.3. The first-order valence-corrected chi connectivity index (χ1v) is 8.19. The minimum atomic E-state index is -0.545. The second kappa shape index (κ2) is 7.40. The summed E-state index contributed by atoms with van der Waals surface area (Å²) in [5, 5.41) is 18.1. The van der Waals surface area contributed by atoms with Crippen LogP contribution in [-0.2, 0) is 9.59 Å². The number of carbonyl (C=O) groups is 2. The number of amides is 2. The van der Waals surface area contributed by atoms with Gasteiger partial charge in [0.1, 0.15) is 11.5 Å². The van der Waals surface area contributed by atoms with Crippen LogP contribution in [0.15, 0.2) is 54.2 Å². The summed E-state index contributed by atoms with van der Waals surface area (Å²) in [6, 6.07) is 13.4. The highest BCUT2D eigenvalue weighted by molar-refractivity contribution is 6.45. The molecular formula is C20H16FN3O3. The first-order chi connectivity index (χ1) is 13.0. The lowest BCUT2D eigenvalue weighted by Crippen LogP contribution is -2.34. The zero-order valence-corrected chi connectivity index (χ0v) is 14.5. The van der Waals surface area contributed by atoms with Crippen molar-refractivity contribution in [2.24, 2.45) is 0 Å². The zero-order chi connectivity index (χ0) is 19.6. The predicted octanol–water partition coefficient (Wildman–Crippen LogP) is 1.91. The van der Waals surface area contributed by atoms with E-state index in [1.807, 2.05) is 6.07 Å². The first kappa shape index (κ1) is 18.3. The SMILES string of the molecule is CN(CCO)C1=C(c2ccc(F)cc2)C(=O)N(c2ccc(C#N)cc2)C1=O. The van der Waals surface area contributed by atoms with Crippen LogP contribution in [0.25, 0.3) is 5.57 Å². The highest BCUT2D eigenvalue weighted by Gasteiger charge is 2.41. The van der Waals surface area contributed by atoms with Gasteiger partial charge in [0.25, 0.3) is 11.8 Å². The van der Waals surface area contributed by atoms with Gasteiger partial charge in [-0.25, -0.2) is 9.29 Å². The van der Waals surface area contributed by atoms with Crippen molar-refractivity contribution in [2.45, 2.75) is 0 Å². The van der Waals surface area contributed by atoms with Gasteiger partial charge in [-0.05, 0) is 42.0 Å². The molecule has 0 aromatic heterocycles. The fourth-order valence-electron chi connectivity index (χ4n) is 2.93. The average Bonchev–Trinajstić information content (AvgIpc) is 2.93. The molecule has 0 aliphatic carbocycles. The molecule has 136 valence electrons. The second-order valence-corrected chi connectivity index (χ2v) is 5.98. The van der Waals surface area contributed by atoms with E-state index in [0.717, 1.165) is 4.90 Å². The molecule has 2 aromatic rings. The predicted molar refractivity (Wildman–Crippen MR) is 96.7 cm³/mol. The summed E-state index contributed by atoms with van der Waals surface area (Å²) in [5.41, 5.74) is 1.41. The van der Waals surface area contributed by atoms with Crippen LogP contribution in [0.3, 0.4) is 0 Å². The number of carbonyl (C=O) groups excluding carboxylic acids is 2. The van der Waals surface area contributed by atoms with Gasteiger partial charge in [-0.1, -0.05) is 12.1 Å². The normalized spacial score (nSPS) is 13.9. The van der Waals surface area contributed by atoms with Crippen LogP contribution in [0.5, 0.6) is 0 Å². The van der Waals surface area contributed by atoms with E-state index in [4.69, 9.17) is 5.26 Å². The van der Waals surface area contributed by atoms with Crippen LogP contribution in [0.2, 0.25) is 0 Å². The number of nitriles is 1. The van der Waals surface area contributed by atoms with Gasteiger partial charge in [0.15, 0.2) is 0 Å². The number of aliphatic hydroxyl groups excluding tert-OH is 1. The lowest BCUT2D eigenvalue weighted by Gasteiger charge is -2.20. The first-order valence-electron chi connectivity index (χ1n) is 8.19. The lowest BCUT2D eigenvalue weighted by atomic mass is 10.0. The molecule has 27 heavy (non-hydrogen) atoms. The van der Waals surface area contributed by atoms with Crippen LogP contribution in [0, 0.1) is 17.1 Å². The molecule has 0 spiro atoms. The third-order valence-electron chi connectivity index (χ3n) is 4.26. The molecule has 2 aromatic carbocycles. The number of halogens is 1. The van der Waals surface area contributed by atoms with E-state index in [1.165, 1.54) is 53.4 Å². The van der Waals surface area contributed by atoms with Crippen LogP contribution < -0.4 is 4.90 Å². The van der Waals surface area contributed by atoms with Crippen LogP contribution >= 0.6 is 0 Å². The molecule has 2 amide bonds. The number of rotatable bonds is 5. The van der Waals surface area contributed by atoms with Gasteiger partial charge in [-0.15, -0.1) is 0 Å². The van der Waals surface area contributed by atoms with Gasteiger partial charge < -0.3 is 10.0 Å². The van der Waals surface area contributed by atoms with Crippen LogP contribution in [-0.4, -0.2) is 42.0 Å². The van der Waals surface area contributed by atoms with Gasteiger partial charge in [-0.3, -0.25) is 9.59 Å². The third-order valence-corrected chi connectivity index (χ3v) is 4.26. The quantitative estimate of drug-likeness (QED) is 0.818. The van der Waals surface area contributed by atoms with Crippen molar-refractivity contribution >= 4 is 23.1 Å². The number of nitrogens with zero attached hydrogens (tertiary/aromatic N) is 3. The highest BCUT2D eigenvalue weighted by Crippen LogP contribution is 2.34. The van der Waals surface area contributed by atoms with Crippen molar-refractivity contribution in [2.75, 3.05) is 25.1 Å². The Kier molecular flexibility index (Phi) is 5.01. The Balaban J connectivity index is 2.10. The highest BCUT2D eigenvalue weighted by atomic mass is 19.1. The number of hydrogen-bond donors (Lipinski definition) is 1. The molecule has 7 heteroatoms. The van der Waals surface area contributed by atoms with Gasteiger partial charge in [0.2, 0.25) is 0 Å². The van der Waals surface area contributed by atoms with Gasteiger partial charge >= 0.3 is 0 Å². The third kappa shape index (κ3) is 3.30. The molecule has 0 saturated heterocycles. The number of likely N-dealkylation sites (N-methyl/N-ethyl adjacent to an activating group) is 1. The van der Waals surface area contributed by atoms with Gasteiger partial charge in [0, 0.05) is 13.6 Å². The molecule has 1 aliphatic rings. The molecule has 0 saturated carbocycles. The molecular weight excluding hydrogens is 349 g/mol. The van der Waals surface area contributed by atoms with Crippen molar-refractivity contribution in [3.63, 3.8) is 0 Å². The molecule has 0 atom stereocenters. The van der Waals surface area contributed by atoms with Crippen molar-refractivity contribution in [1.29, 1.82) is 5.26 Å². The number of aliphatic hydroxyl groups is 1. The second-order valence-electron chi connectivity index (χ2n) is 5.98.